The summed E-state index contributed by atoms with van der Waals surface area (Å²) in [4.78, 5) is 17.8. The van der Waals surface area contributed by atoms with E-state index in [9.17, 15) is 15.0 Å². The summed E-state index contributed by atoms with van der Waals surface area (Å²) in [5.41, 5.74) is 2.43. The Morgan fingerprint density at radius 3 is 2.82 bits per heavy atom. The zero-order chi connectivity index (χ0) is 27.1. The number of phenolic OH excluding ortho intramolecular Hbond substituents is 1. The molecule has 2 aliphatic heterocycles. The number of aryl methyl sites for hydroxylation is 1. The minimum absolute atomic E-state index is 0.00390. The number of aliphatic hydroxyl groups is 1. The van der Waals surface area contributed by atoms with Gasteiger partial charge in [-0.1, -0.05) is 37.5 Å². The average molecular weight is 527 g/mol. The van der Waals surface area contributed by atoms with Crippen molar-refractivity contribution in [3.8, 4) is 23.3 Å². The highest BCUT2D eigenvalue weighted by molar-refractivity contribution is 5.94. The van der Waals surface area contributed by atoms with Crippen molar-refractivity contribution in [2.24, 2.45) is 11.8 Å². The molecule has 2 heterocycles. The molecule has 3 aliphatic carbocycles. The highest BCUT2D eigenvalue weighted by Gasteiger charge is 2.75. The zero-order valence-electron chi connectivity index (χ0n) is 23.1. The van der Waals surface area contributed by atoms with E-state index in [0.29, 0.717) is 12.2 Å². The molecular weight excluding hydrogens is 488 g/mol. The summed E-state index contributed by atoms with van der Waals surface area (Å²) >= 11 is 0. The summed E-state index contributed by atoms with van der Waals surface area (Å²) < 4.78 is 6.69. The van der Waals surface area contributed by atoms with Gasteiger partial charge in [0.2, 0.25) is 0 Å². The van der Waals surface area contributed by atoms with Gasteiger partial charge in [-0.05, 0) is 86.7 Å². The van der Waals surface area contributed by atoms with Crippen molar-refractivity contribution in [2.75, 3.05) is 20.1 Å². The normalized spacial score (nSPS) is 33.9. The average Bonchev–Trinajstić information content (AvgIpc) is 3.67. The highest BCUT2D eigenvalue weighted by atomic mass is 16.5. The van der Waals surface area contributed by atoms with Crippen LogP contribution in [0.25, 0.3) is 0 Å². The molecule has 39 heavy (non-hydrogen) atoms. The standard InChI is InChI=1S/C33H38N2O4/c1-4-24-18-25(34(3)28(37)13-10-21-7-5-6-20(2)16-21)31-32-14-15-35(19-22-8-9-22)27(33(24,32)38)17-23-11-12-26(36)30(39-31)29(23)32/h5-7,11-12,16,22,24-25,27,31,36,38H,4,8-9,14-15,17-19H2,1-3H3/t24-,25+,27+,31+,32-,33+/m0/s1. The predicted molar refractivity (Wildman–Crippen MR) is 149 cm³/mol. The molecule has 0 aromatic heterocycles. The van der Waals surface area contributed by atoms with E-state index in [2.05, 4.69) is 23.7 Å². The van der Waals surface area contributed by atoms with Crippen molar-refractivity contribution in [1.29, 1.82) is 0 Å². The van der Waals surface area contributed by atoms with Crippen LogP contribution in [0.2, 0.25) is 0 Å². The Bertz CT molecular complexity index is 1410. The molecule has 1 spiro atoms. The molecular formula is C33H38N2O4. The van der Waals surface area contributed by atoms with E-state index in [4.69, 9.17) is 4.74 Å². The molecule has 2 aromatic carbocycles. The lowest BCUT2D eigenvalue weighted by atomic mass is 9.45. The molecule has 5 aliphatic rings. The second-order valence-corrected chi connectivity index (χ2v) is 12.6. The number of rotatable bonds is 4. The Labute approximate surface area is 231 Å². The number of phenols is 1. The fourth-order valence-electron chi connectivity index (χ4n) is 8.62. The SMILES string of the molecule is CC[C@H]1C[C@@H](N(C)C(=O)C#Cc2cccc(C)c2)[C@H]2Oc3c(O)ccc4c3[C@@]23CCN(CC2CC2)[C@H](C4)[C@]13O. The molecule has 2 saturated carbocycles. The maximum Gasteiger partial charge on any atom is 0.298 e. The Morgan fingerprint density at radius 2 is 2.08 bits per heavy atom. The van der Waals surface area contributed by atoms with Crippen LogP contribution in [0.4, 0.5) is 0 Å². The van der Waals surface area contributed by atoms with Crippen molar-refractivity contribution in [2.45, 2.75) is 81.6 Å². The first-order valence-electron chi connectivity index (χ1n) is 14.6. The molecule has 2 N–H and O–H groups in total. The van der Waals surface area contributed by atoms with E-state index in [1.807, 2.05) is 44.3 Å². The van der Waals surface area contributed by atoms with Crippen LogP contribution in [-0.4, -0.2) is 69.8 Å². The molecule has 6 nitrogen and oxygen atoms in total. The first-order valence-corrected chi connectivity index (χ1v) is 14.6. The van der Waals surface area contributed by atoms with Gasteiger partial charge in [-0.25, -0.2) is 0 Å². The third-order valence-corrected chi connectivity index (χ3v) is 10.6. The molecule has 1 amide bonds. The summed E-state index contributed by atoms with van der Waals surface area (Å²) in [7, 11) is 1.82. The van der Waals surface area contributed by atoms with Gasteiger partial charge in [0, 0.05) is 36.7 Å². The molecule has 204 valence electrons. The largest absolute Gasteiger partial charge is 0.504 e. The molecule has 1 saturated heterocycles. The van der Waals surface area contributed by atoms with Gasteiger partial charge in [-0.15, -0.1) is 0 Å². The predicted octanol–water partition coefficient (Wildman–Crippen LogP) is 3.78. The molecule has 0 radical (unpaired) electrons. The number of benzene rings is 2. The molecule has 6 atom stereocenters. The second kappa shape index (κ2) is 8.74. The monoisotopic (exact) mass is 526 g/mol. The quantitative estimate of drug-likeness (QED) is 0.594. The Hall–Kier alpha value is -3.01. The van der Waals surface area contributed by atoms with Crippen LogP contribution >= 0.6 is 0 Å². The number of carbonyl (C=O) groups excluding carboxylic acids is 1. The lowest BCUT2D eigenvalue weighted by Crippen LogP contribution is -2.81. The Kier molecular flexibility index (Phi) is 5.60. The van der Waals surface area contributed by atoms with Crippen LogP contribution in [-0.2, 0) is 16.6 Å². The van der Waals surface area contributed by atoms with Gasteiger partial charge in [0.15, 0.2) is 11.5 Å². The van der Waals surface area contributed by atoms with E-state index in [0.717, 1.165) is 55.0 Å². The van der Waals surface area contributed by atoms with Gasteiger partial charge in [0.1, 0.15) is 6.10 Å². The van der Waals surface area contributed by atoms with Crippen molar-refractivity contribution in [1.82, 2.24) is 9.80 Å². The summed E-state index contributed by atoms with van der Waals surface area (Å²) in [5.74, 6) is 7.03. The Balaban J connectivity index is 1.31. The van der Waals surface area contributed by atoms with Gasteiger partial charge in [-0.2, -0.15) is 0 Å². The molecule has 6 heteroatoms. The Morgan fingerprint density at radius 1 is 1.26 bits per heavy atom. The van der Waals surface area contributed by atoms with Crippen LogP contribution < -0.4 is 4.74 Å². The van der Waals surface area contributed by atoms with Gasteiger partial charge in [0.25, 0.3) is 5.91 Å². The molecule has 2 aromatic rings. The van der Waals surface area contributed by atoms with E-state index < -0.39 is 17.1 Å². The van der Waals surface area contributed by atoms with E-state index in [-0.39, 0.29) is 29.7 Å². The third-order valence-electron chi connectivity index (χ3n) is 10.6. The van der Waals surface area contributed by atoms with Crippen LogP contribution in [0.5, 0.6) is 11.5 Å². The lowest BCUT2D eigenvalue weighted by Gasteiger charge is -2.67. The highest BCUT2D eigenvalue weighted by Crippen LogP contribution is 2.67. The van der Waals surface area contributed by atoms with Crippen LogP contribution in [0, 0.1) is 30.6 Å². The molecule has 2 bridgehead atoms. The van der Waals surface area contributed by atoms with Crippen molar-refractivity contribution in [3.63, 3.8) is 0 Å². The van der Waals surface area contributed by atoms with E-state index >= 15 is 0 Å². The summed E-state index contributed by atoms with van der Waals surface area (Å²) in [6.07, 6.45) is 5.10. The number of hydrogen-bond donors (Lipinski definition) is 2. The molecule has 3 fully saturated rings. The number of likely N-dealkylation sites (N-methyl/N-ethyl adjacent to an activating group) is 1. The first-order chi connectivity index (χ1) is 18.8. The summed E-state index contributed by atoms with van der Waals surface area (Å²) in [6, 6.07) is 11.4. The van der Waals surface area contributed by atoms with E-state index in [1.165, 1.54) is 18.4 Å². The van der Waals surface area contributed by atoms with Crippen molar-refractivity contribution >= 4 is 5.91 Å². The fraction of sp³-hybridized carbons (Fsp3) is 0.545. The molecule has 7 rings (SSSR count). The summed E-state index contributed by atoms with van der Waals surface area (Å²) in [6.45, 7) is 6.11. The van der Waals surface area contributed by atoms with Crippen molar-refractivity contribution < 1.29 is 19.7 Å². The van der Waals surface area contributed by atoms with Crippen LogP contribution in [0.3, 0.4) is 0 Å². The van der Waals surface area contributed by atoms with Gasteiger partial charge < -0.3 is 19.8 Å². The topological polar surface area (TPSA) is 73.2 Å². The number of amides is 1. The maximum atomic E-state index is 13.5. The number of aromatic hydroxyl groups is 1. The lowest BCUT2D eigenvalue weighted by molar-refractivity contribution is -0.228. The number of ether oxygens (including phenoxy) is 1. The van der Waals surface area contributed by atoms with E-state index in [1.54, 1.807) is 11.0 Å². The summed E-state index contributed by atoms with van der Waals surface area (Å²) in [5, 5.41) is 24.0. The van der Waals surface area contributed by atoms with Gasteiger partial charge >= 0.3 is 0 Å². The number of piperidine rings is 1. The molecule has 0 unspecified atom stereocenters. The number of likely N-dealkylation sites (tertiary alicyclic amines) is 1. The fourth-order valence-corrected chi connectivity index (χ4v) is 8.62. The maximum absolute atomic E-state index is 13.5. The van der Waals surface area contributed by atoms with Gasteiger partial charge in [0.05, 0.1) is 17.1 Å². The number of hydrogen-bond acceptors (Lipinski definition) is 5. The smallest absolute Gasteiger partial charge is 0.298 e. The van der Waals surface area contributed by atoms with Crippen molar-refractivity contribution in [3.05, 3.63) is 58.7 Å². The number of nitrogens with zero attached hydrogens (tertiary/aromatic N) is 2. The van der Waals surface area contributed by atoms with Gasteiger partial charge in [-0.3, -0.25) is 9.69 Å². The van der Waals surface area contributed by atoms with Crippen LogP contribution in [0.1, 0.15) is 61.3 Å². The third kappa shape index (κ3) is 3.45. The number of carbonyl (C=O) groups is 1. The van der Waals surface area contributed by atoms with Crippen LogP contribution in [0.15, 0.2) is 36.4 Å². The minimum Gasteiger partial charge on any atom is -0.504 e. The minimum atomic E-state index is -0.987. The second-order valence-electron chi connectivity index (χ2n) is 12.6. The zero-order valence-corrected chi connectivity index (χ0v) is 23.1. The first kappa shape index (κ1) is 25.0.